The minimum atomic E-state index is 1.09. The van der Waals surface area contributed by atoms with Crippen LogP contribution in [-0.4, -0.2) is 5.75 Å². The normalized spacial score (nSPS) is 10.2. The van der Waals surface area contributed by atoms with Gasteiger partial charge in [-0.05, 0) is 60.6 Å². The van der Waals surface area contributed by atoms with Crippen LogP contribution in [0, 0.1) is 11.8 Å². The molecule has 0 fully saturated rings. The molecule has 0 heterocycles. The average molecular weight is 337 g/mol. The summed E-state index contributed by atoms with van der Waals surface area (Å²) >= 11 is 1.95. The Morgan fingerprint density at radius 3 is 1.92 bits per heavy atom. The molecule has 0 saturated carbocycles. The molecule has 2 aromatic carbocycles. The molecule has 0 unspecified atom stereocenters. The summed E-state index contributed by atoms with van der Waals surface area (Å²) in [5.41, 5.74) is 3.57. The molecular weight excluding hydrogens is 308 g/mol. The fourth-order valence-corrected chi connectivity index (χ4v) is 3.45. The zero-order valence-corrected chi connectivity index (χ0v) is 15.8. The van der Waals surface area contributed by atoms with E-state index in [0.717, 1.165) is 17.5 Å². The van der Waals surface area contributed by atoms with Gasteiger partial charge in [-0.2, -0.15) is 0 Å². The number of aryl methyl sites for hydroxylation is 1. The molecule has 0 aromatic heterocycles. The van der Waals surface area contributed by atoms with Crippen molar-refractivity contribution >= 4 is 11.8 Å². The van der Waals surface area contributed by atoms with Gasteiger partial charge in [0.05, 0.1) is 0 Å². The molecule has 0 atom stereocenters. The summed E-state index contributed by atoms with van der Waals surface area (Å²) in [5.74, 6) is 7.74. The highest BCUT2D eigenvalue weighted by Gasteiger charge is 1.95. The van der Waals surface area contributed by atoms with Gasteiger partial charge in [0, 0.05) is 16.0 Å². The third-order valence-electron chi connectivity index (χ3n) is 3.96. The van der Waals surface area contributed by atoms with Crippen molar-refractivity contribution in [1.82, 2.24) is 0 Å². The molecule has 126 valence electrons. The van der Waals surface area contributed by atoms with Crippen molar-refractivity contribution < 1.29 is 0 Å². The van der Waals surface area contributed by atoms with E-state index in [1.165, 1.54) is 48.3 Å². The van der Waals surface area contributed by atoms with Crippen LogP contribution in [0.2, 0.25) is 0 Å². The van der Waals surface area contributed by atoms with Crippen LogP contribution >= 0.6 is 11.8 Å². The fourth-order valence-electron chi connectivity index (χ4n) is 2.54. The molecule has 1 heteroatoms. The minimum absolute atomic E-state index is 1.09. The van der Waals surface area contributed by atoms with Crippen molar-refractivity contribution in [2.75, 3.05) is 5.75 Å². The lowest BCUT2D eigenvalue weighted by Crippen LogP contribution is -1.83. The van der Waals surface area contributed by atoms with Crippen molar-refractivity contribution in [1.29, 1.82) is 0 Å². The Labute approximate surface area is 152 Å². The summed E-state index contributed by atoms with van der Waals surface area (Å²) in [4.78, 5) is 1.35. The van der Waals surface area contributed by atoms with Gasteiger partial charge >= 0.3 is 0 Å². The third-order valence-corrected chi connectivity index (χ3v) is 5.06. The Bertz CT molecular complexity index is 641. The van der Waals surface area contributed by atoms with Crippen molar-refractivity contribution in [3.05, 3.63) is 65.2 Å². The Hall–Kier alpha value is -1.65. The topological polar surface area (TPSA) is 0 Å². The number of thioether (sulfide) groups is 1. The molecule has 0 aliphatic carbocycles. The maximum Gasteiger partial charge on any atom is 0.0249 e. The van der Waals surface area contributed by atoms with Gasteiger partial charge in [0.1, 0.15) is 0 Å². The molecule has 0 aliphatic rings. The van der Waals surface area contributed by atoms with Gasteiger partial charge in [-0.1, -0.05) is 63.5 Å². The van der Waals surface area contributed by atoms with Gasteiger partial charge in [0.25, 0.3) is 0 Å². The van der Waals surface area contributed by atoms with E-state index in [-0.39, 0.29) is 0 Å². The van der Waals surface area contributed by atoms with E-state index < -0.39 is 0 Å². The first-order valence-electron chi connectivity index (χ1n) is 9.15. The van der Waals surface area contributed by atoms with E-state index in [2.05, 4.69) is 74.2 Å². The lowest BCUT2D eigenvalue weighted by Gasteiger charge is -2.01. The molecule has 0 aliphatic heterocycles. The van der Waals surface area contributed by atoms with Gasteiger partial charge < -0.3 is 0 Å². The van der Waals surface area contributed by atoms with E-state index in [0.29, 0.717) is 0 Å². The second-order valence-electron chi connectivity index (χ2n) is 6.13. The molecule has 0 saturated heterocycles. The summed E-state index contributed by atoms with van der Waals surface area (Å²) in [6, 6.07) is 17.3. The van der Waals surface area contributed by atoms with Crippen LogP contribution in [0.15, 0.2) is 53.4 Å². The molecule has 0 amide bonds. The Balaban J connectivity index is 1.85. The van der Waals surface area contributed by atoms with Gasteiger partial charge in [0.2, 0.25) is 0 Å². The predicted octanol–water partition coefficient (Wildman–Crippen LogP) is 6.71. The predicted molar refractivity (Wildman–Crippen MR) is 108 cm³/mol. The highest BCUT2D eigenvalue weighted by Crippen LogP contribution is 2.20. The molecule has 2 aromatic rings. The second-order valence-corrected chi connectivity index (χ2v) is 7.30. The highest BCUT2D eigenvalue weighted by molar-refractivity contribution is 7.99. The fraction of sp³-hybridized carbons (Fsp3) is 0.391. The molecular formula is C23H28S. The highest BCUT2D eigenvalue weighted by atomic mass is 32.2. The summed E-state index contributed by atoms with van der Waals surface area (Å²) < 4.78 is 0. The summed E-state index contributed by atoms with van der Waals surface area (Å²) in [7, 11) is 0. The maximum absolute atomic E-state index is 3.26. The smallest absolute Gasteiger partial charge is 0.0249 e. The van der Waals surface area contributed by atoms with Crippen molar-refractivity contribution in [2.45, 2.75) is 57.3 Å². The SMILES string of the molecule is CCCCCCSc1ccc(C#Cc2ccc(CCC)cc2)cc1. The second kappa shape index (κ2) is 11.0. The lowest BCUT2D eigenvalue weighted by molar-refractivity contribution is 0.706. The Morgan fingerprint density at radius 1 is 0.708 bits per heavy atom. The number of hydrogen-bond acceptors (Lipinski definition) is 1. The third kappa shape index (κ3) is 6.85. The van der Waals surface area contributed by atoms with Gasteiger partial charge in [-0.3, -0.25) is 0 Å². The van der Waals surface area contributed by atoms with Gasteiger partial charge in [-0.15, -0.1) is 11.8 Å². The maximum atomic E-state index is 3.26. The van der Waals surface area contributed by atoms with Crippen molar-refractivity contribution in [2.24, 2.45) is 0 Å². The summed E-state index contributed by atoms with van der Waals surface area (Å²) in [6.07, 6.45) is 7.66. The standard InChI is InChI=1S/C23H28S/c1-3-5-6-7-19-24-23-17-15-22(16-18-23)14-13-21-11-9-20(8-4-2)10-12-21/h9-12,15-18H,3-8,19H2,1-2H3. The first-order chi connectivity index (χ1) is 11.8. The van der Waals surface area contributed by atoms with Gasteiger partial charge in [0.15, 0.2) is 0 Å². The van der Waals surface area contributed by atoms with Crippen LogP contribution in [0.4, 0.5) is 0 Å². The number of rotatable bonds is 8. The van der Waals surface area contributed by atoms with Crippen LogP contribution in [0.25, 0.3) is 0 Å². The molecule has 0 bridgehead atoms. The zero-order valence-electron chi connectivity index (χ0n) is 15.0. The van der Waals surface area contributed by atoms with E-state index in [9.17, 15) is 0 Å². The number of unbranched alkanes of at least 4 members (excludes halogenated alkanes) is 3. The van der Waals surface area contributed by atoms with Crippen LogP contribution in [0.1, 0.15) is 62.6 Å². The molecule has 2 rings (SSSR count). The van der Waals surface area contributed by atoms with Crippen molar-refractivity contribution in [3.8, 4) is 11.8 Å². The first-order valence-corrected chi connectivity index (χ1v) is 10.1. The molecule has 0 radical (unpaired) electrons. The summed E-state index contributed by atoms with van der Waals surface area (Å²) in [5, 5.41) is 0. The average Bonchev–Trinajstić information content (AvgIpc) is 2.62. The minimum Gasteiger partial charge on any atom is -0.126 e. The first kappa shape index (κ1) is 18.7. The van der Waals surface area contributed by atoms with Gasteiger partial charge in [-0.25, -0.2) is 0 Å². The molecule has 0 nitrogen and oxygen atoms in total. The number of benzene rings is 2. The molecule has 24 heavy (non-hydrogen) atoms. The van der Waals surface area contributed by atoms with E-state index in [1.54, 1.807) is 0 Å². The number of hydrogen-bond donors (Lipinski definition) is 0. The van der Waals surface area contributed by atoms with Crippen LogP contribution in [-0.2, 0) is 6.42 Å². The van der Waals surface area contributed by atoms with Crippen molar-refractivity contribution in [3.63, 3.8) is 0 Å². The Morgan fingerprint density at radius 2 is 1.33 bits per heavy atom. The Kier molecular flexibility index (Phi) is 8.56. The van der Waals surface area contributed by atoms with E-state index in [1.807, 2.05) is 11.8 Å². The van der Waals surface area contributed by atoms with E-state index >= 15 is 0 Å². The van der Waals surface area contributed by atoms with Crippen LogP contribution in [0.5, 0.6) is 0 Å². The molecule has 0 N–H and O–H groups in total. The van der Waals surface area contributed by atoms with E-state index in [4.69, 9.17) is 0 Å². The molecule has 0 spiro atoms. The quantitative estimate of drug-likeness (QED) is 0.293. The lowest BCUT2D eigenvalue weighted by atomic mass is 10.1. The largest absolute Gasteiger partial charge is 0.126 e. The zero-order chi connectivity index (χ0) is 17.0. The van der Waals surface area contributed by atoms with Crippen LogP contribution in [0.3, 0.4) is 0 Å². The monoisotopic (exact) mass is 336 g/mol. The van der Waals surface area contributed by atoms with Crippen LogP contribution < -0.4 is 0 Å². The summed E-state index contributed by atoms with van der Waals surface area (Å²) in [6.45, 7) is 4.47.